The second-order valence-corrected chi connectivity index (χ2v) is 3.27. The maximum Gasteiger partial charge on any atom is 0.471 e. The second-order valence-electron chi connectivity index (χ2n) is 1.60. The SMILES string of the molecule is COP(=O)(O)OC.c1cn[nH]c1. The lowest BCUT2D eigenvalue weighted by atomic mass is 10.8. The van der Waals surface area contributed by atoms with Crippen molar-refractivity contribution in [3.63, 3.8) is 0 Å². The Kier molecular flexibility index (Phi) is 5.57. The van der Waals surface area contributed by atoms with Crippen molar-refractivity contribution in [1.82, 2.24) is 10.2 Å². The molecular formula is C5H11N2O4P. The molecule has 70 valence electrons. The monoisotopic (exact) mass is 194 g/mol. The van der Waals surface area contributed by atoms with E-state index in [0.29, 0.717) is 0 Å². The first-order valence-corrected chi connectivity index (χ1v) is 4.50. The molecule has 1 aromatic rings. The minimum Gasteiger partial charge on any atom is -0.303 e. The van der Waals surface area contributed by atoms with Crippen molar-refractivity contribution >= 4 is 7.82 Å². The smallest absolute Gasteiger partial charge is 0.303 e. The Hall–Kier alpha value is -0.680. The molecule has 12 heavy (non-hydrogen) atoms. The zero-order valence-electron chi connectivity index (χ0n) is 6.80. The van der Waals surface area contributed by atoms with Crippen molar-refractivity contribution in [1.29, 1.82) is 0 Å². The Morgan fingerprint density at radius 3 is 2.17 bits per heavy atom. The minimum atomic E-state index is -3.65. The van der Waals surface area contributed by atoms with Crippen LogP contribution < -0.4 is 0 Å². The number of H-pyrrole nitrogens is 1. The molecular weight excluding hydrogens is 183 g/mol. The fourth-order valence-electron chi connectivity index (χ4n) is 0.290. The summed E-state index contributed by atoms with van der Waals surface area (Å²) in [5.41, 5.74) is 0. The van der Waals surface area contributed by atoms with E-state index in [1.54, 1.807) is 12.4 Å². The Morgan fingerprint density at radius 2 is 2.08 bits per heavy atom. The predicted octanol–water partition coefficient (Wildman–Crippen LogP) is 0.789. The molecule has 0 atom stereocenters. The Balaban J connectivity index is 0.000000211. The van der Waals surface area contributed by atoms with E-state index in [0.717, 1.165) is 14.2 Å². The van der Waals surface area contributed by atoms with Crippen LogP contribution in [0.4, 0.5) is 0 Å². The fourth-order valence-corrected chi connectivity index (χ4v) is 0.439. The van der Waals surface area contributed by atoms with Crippen LogP contribution in [0.25, 0.3) is 0 Å². The number of rotatable bonds is 2. The van der Waals surface area contributed by atoms with Crippen LogP contribution in [-0.4, -0.2) is 29.3 Å². The molecule has 1 aromatic heterocycles. The lowest BCUT2D eigenvalue weighted by Crippen LogP contribution is -1.83. The number of phosphoric ester groups is 1. The molecule has 0 bridgehead atoms. The first-order chi connectivity index (χ1) is 5.62. The van der Waals surface area contributed by atoms with Crippen LogP contribution in [0.15, 0.2) is 18.5 Å². The third kappa shape index (κ3) is 6.06. The third-order valence-corrected chi connectivity index (χ3v) is 1.79. The summed E-state index contributed by atoms with van der Waals surface area (Å²) in [5.74, 6) is 0. The van der Waals surface area contributed by atoms with Crippen LogP contribution in [0.2, 0.25) is 0 Å². The lowest BCUT2D eigenvalue weighted by molar-refractivity contribution is 0.204. The molecule has 2 N–H and O–H groups in total. The number of hydrogen-bond donors (Lipinski definition) is 2. The highest BCUT2D eigenvalue weighted by molar-refractivity contribution is 7.47. The van der Waals surface area contributed by atoms with Gasteiger partial charge in [-0.25, -0.2) is 4.57 Å². The maximum atomic E-state index is 10.1. The average molecular weight is 194 g/mol. The van der Waals surface area contributed by atoms with Gasteiger partial charge in [-0.3, -0.25) is 14.1 Å². The molecule has 1 heterocycles. The number of nitrogens with one attached hydrogen (secondary N) is 1. The molecule has 6 nitrogen and oxygen atoms in total. The highest BCUT2D eigenvalue weighted by atomic mass is 31.2. The normalized spacial score (nSPS) is 10.2. The summed E-state index contributed by atoms with van der Waals surface area (Å²) in [6.45, 7) is 0. The van der Waals surface area contributed by atoms with Gasteiger partial charge in [-0.15, -0.1) is 0 Å². The van der Waals surface area contributed by atoms with Gasteiger partial charge in [-0.1, -0.05) is 0 Å². The van der Waals surface area contributed by atoms with E-state index >= 15 is 0 Å². The van der Waals surface area contributed by atoms with Crippen molar-refractivity contribution in [2.75, 3.05) is 14.2 Å². The van der Waals surface area contributed by atoms with Crippen LogP contribution in [0.3, 0.4) is 0 Å². The van der Waals surface area contributed by atoms with E-state index in [4.69, 9.17) is 4.89 Å². The van der Waals surface area contributed by atoms with E-state index in [1.165, 1.54) is 0 Å². The van der Waals surface area contributed by atoms with E-state index in [9.17, 15) is 4.57 Å². The van der Waals surface area contributed by atoms with Crippen molar-refractivity contribution in [3.05, 3.63) is 18.5 Å². The molecule has 7 heteroatoms. The van der Waals surface area contributed by atoms with Crippen molar-refractivity contribution in [2.24, 2.45) is 0 Å². The number of hydrogen-bond acceptors (Lipinski definition) is 4. The topological polar surface area (TPSA) is 84.4 Å². The van der Waals surface area contributed by atoms with Gasteiger partial charge in [-0.05, 0) is 6.07 Å². The van der Waals surface area contributed by atoms with Crippen molar-refractivity contribution in [2.45, 2.75) is 0 Å². The molecule has 0 saturated carbocycles. The Labute approximate surface area is 70.1 Å². The summed E-state index contributed by atoms with van der Waals surface area (Å²) in [4.78, 5) is 8.24. The van der Waals surface area contributed by atoms with Gasteiger partial charge < -0.3 is 4.89 Å². The first kappa shape index (κ1) is 11.3. The first-order valence-electron chi connectivity index (χ1n) is 3.00. The van der Waals surface area contributed by atoms with Crippen LogP contribution in [0.5, 0.6) is 0 Å². The highest BCUT2D eigenvalue weighted by Crippen LogP contribution is 2.40. The summed E-state index contributed by atoms with van der Waals surface area (Å²) in [6, 6.07) is 1.83. The molecule has 0 aromatic carbocycles. The largest absolute Gasteiger partial charge is 0.471 e. The van der Waals surface area contributed by atoms with E-state index in [2.05, 4.69) is 19.2 Å². The van der Waals surface area contributed by atoms with Gasteiger partial charge in [0.2, 0.25) is 0 Å². The number of aromatic amines is 1. The lowest BCUT2D eigenvalue weighted by Gasteiger charge is -2.01. The molecule has 0 unspecified atom stereocenters. The van der Waals surface area contributed by atoms with Gasteiger partial charge in [0.1, 0.15) is 0 Å². The van der Waals surface area contributed by atoms with Crippen molar-refractivity contribution in [3.8, 4) is 0 Å². The summed E-state index contributed by atoms with van der Waals surface area (Å²) < 4.78 is 18.0. The minimum absolute atomic E-state index is 1.10. The van der Waals surface area contributed by atoms with Crippen LogP contribution in [-0.2, 0) is 13.6 Å². The van der Waals surface area contributed by atoms with Crippen LogP contribution >= 0.6 is 7.82 Å². The molecule has 0 aliphatic carbocycles. The average Bonchev–Trinajstić information content (AvgIpc) is 2.62. The molecule has 0 saturated heterocycles. The summed E-state index contributed by atoms with van der Waals surface area (Å²) in [7, 11) is -1.45. The zero-order valence-corrected chi connectivity index (χ0v) is 7.69. The molecule has 0 fully saturated rings. The molecule has 0 spiro atoms. The standard InChI is InChI=1S/C3H4N2.C2H7O4P/c1-2-4-5-3-1;1-5-7(3,4)6-2/h1-3H,(H,4,5);1-2H3,(H,3,4). The Morgan fingerprint density at radius 1 is 1.50 bits per heavy atom. The summed E-state index contributed by atoms with van der Waals surface area (Å²) in [6.07, 6.45) is 3.46. The number of phosphoric acid groups is 1. The summed E-state index contributed by atoms with van der Waals surface area (Å²) >= 11 is 0. The fraction of sp³-hybridized carbons (Fsp3) is 0.400. The predicted molar refractivity (Wildman–Crippen MR) is 42.4 cm³/mol. The number of aromatic nitrogens is 2. The van der Waals surface area contributed by atoms with Gasteiger partial charge >= 0.3 is 7.82 Å². The summed E-state index contributed by atoms with van der Waals surface area (Å²) in [5, 5.41) is 6.21. The molecule has 0 aliphatic rings. The molecule has 0 radical (unpaired) electrons. The Bertz CT molecular complexity index is 200. The van der Waals surface area contributed by atoms with Crippen LogP contribution in [0, 0.1) is 0 Å². The quantitative estimate of drug-likeness (QED) is 0.680. The van der Waals surface area contributed by atoms with E-state index in [1.807, 2.05) is 6.07 Å². The molecule has 1 rings (SSSR count). The number of nitrogens with zero attached hydrogens (tertiary/aromatic N) is 1. The highest BCUT2D eigenvalue weighted by Gasteiger charge is 2.13. The van der Waals surface area contributed by atoms with Gasteiger partial charge in [0.25, 0.3) is 0 Å². The van der Waals surface area contributed by atoms with E-state index in [-0.39, 0.29) is 0 Å². The molecule has 0 aliphatic heterocycles. The molecule has 0 amide bonds. The van der Waals surface area contributed by atoms with Gasteiger partial charge in [0.05, 0.1) is 0 Å². The van der Waals surface area contributed by atoms with Gasteiger partial charge in [0.15, 0.2) is 0 Å². The second kappa shape index (κ2) is 5.91. The van der Waals surface area contributed by atoms with Gasteiger partial charge in [0, 0.05) is 26.6 Å². The van der Waals surface area contributed by atoms with Gasteiger partial charge in [-0.2, -0.15) is 5.10 Å². The van der Waals surface area contributed by atoms with E-state index < -0.39 is 7.82 Å². The zero-order chi connectivity index (χ0) is 9.45. The maximum absolute atomic E-state index is 10.1. The van der Waals surface area contributed by atoms with Crippen molar-refractivity contribution < 1.29 is 18.5 Å². The van der Waals surface area contributed by atoms with Crippen LogP contribution in [0.1, 0.15) is 0 Å². The third-order valence-electron chi connectivity index (χ3n) is 0.867.